The molecule has 0 unspecified atom stereocenters. The van der Waals surface area contributed by atoms with Gasteiger partial charge in [-0.2, -0.15) is 0 Å². The first-order valence-corrected chi connectivity index (χ1v) is 3.42. The minimum absolute atomic E-state index is 0.139. The van der Waals surface area contributed by atoms with Gasteiger partial charge in [0.2, 0.25) is 0 Å². The second-order valence-corrected chi connectivity index (χ2v) is 2.57. The Morgan fingerprint density at radius 2 is 2.09 bits per heavy atom. The van der Waals surface area contributed by atoms with Crippen molar-refractivity contribution >= 4 is 5.97 Å². The highest BCUT2D eigenvalue weighted by atomic mass is 16.4. The maximum Gasteiger partial charge on any atom is 0.334 e. The summed E-state index contributed by atoms with van der Waals surface area (Å²) in [5.74, 6) is -1.14. The van der Waals surface area contributed by atoms with Crippen LogP contribution in [0.25, 0.3) is 0 Å². The van der Waals surface area contributed by atoms with Crippen LogP contribution in [-0.2, 0) is 4.79 Å². The summed E-state index contributed by atoms with van der Waals surface area (Å²) in [4.78, 5) is 10.4. The lowest BCUT2D eigenvalue weighted by molar-refractivity contribution is -0.133. The molecule has 0 saturated heterocycles. The smallest absolute Gasteiger partial charge is 0.334 e. The van der Waals surface area contributed by atoms with Gasteiger partial charge in [-0.05, 0) is 6.42 Å². The average Bonchev–Trinajstić information content (AvgIpc) is 1.86. The average molecular weight is 158 g/mol. The van der Waals surface area contributed by atoms with Crippen LogP contribution in [0.2, 0.25) is 0 Å². The van der Waals surface area contributed by atoms with Crippen molar-refractivity contribution in [2.75, 3.05) is 0 Å². The molecule has 0 aliphatic rings. The molecule has 5 N–H and O–H groups in total. The monoisotopic (exact) mass is 158 g/mol. The lowest BCUT2D eigenvalue weighted by Crippen LogP contribution is -2.52. The standard InChI is InChI=1S/C7H14N2O2/c1-3-4-7(8,9)5(2)6(10)11/h2-4,8-9H2,1H3,(H,10,11). The van der Waals surface area contributed by atoms with Crippen LogP contribution in [0.15, 0.2) is 12.2 Å². The molecule has 0 aromatic heterocycles. The van der Waals surface area contributed by atoms with Gasteiger partial charge in [0.25, 0.3) is 0 Å². The Bertz CT molecular complexity index is 175. The largest absolute Gasteiger partial charge is 0.478 e. The van der Waals surface area contributed by atoms with Crippen molar-refractivity contribution in [3.05, 3.63) is 12.2 Å². The van der Waals surface area contributed by atoms with E-state index < -0.39 is 11.6 Å². The molecule has 0 atom stereocenters. The fourth-order valence-corrected chi connectivity index (χ4v) is 0.764. The highest BCUT2D eigenvalue weighted by Gasteiger charge is 2.26. The van der Waals surface area contributed by atoms with E-state index in [1.54, 1.807) is 0 Å². The highest BCUT2D eigenvalue weighted by Crippen LogP contribution is 2.11. The van der Waals surface area contributed by atoms with Crippen molar-refractivity contribution in [2.24, 2.45) is 11.5 Å². The zero-order chi connectivity index (χ0) is 9.07. The number of carboxylic acids is 1. The second kappa shape index (κ2) is 3.50. The predicted octanol–water partition coefficient (Wildman–Crippen LogP) is 0.0410. The van der Waals surface area contributed by atoms with Gasteiger partial charge >= 0.3 is 5.97 Å². The van der Waals surface area contributed by atoms with Crippen molar-refractivity contribution in [1.29, 1.82) is 0 Å². The van der Waals surface area contributed by atoms with E-state index in [4.69, 9.17) is 16.6 Å². The second-order valence-electron chi connectivity index (χ2n) is 2.57. The number of aliphatic carboxylic acids is 1. The van der Waals surface area contributed by atoms with Gasteiger partial charge in [0.05, 0.1) is 11.2 Å². The molecule has 0 aliphatic heterocycles. The number of hydrogen-bond donors (Lipinski definition) is 3. The third-order valence-electron chi connectivity index (χ3n) is 1.48. The molecule has 0 aliphatic carbocycles. The van der Waals surface area contributed by atoms with E-state index in [-0.39, 0.29) is 5.57 Å². The molecule has 0 fully saturated rings. The van der Waals surface area contributed by atoms with Gasteiger partial charge in [-0.1, -0.05) is 19.9 Å². The third-order valence-corrected chi connectivity index (χ3v) is 1.48. The fraction of sp³-hybridized carbons (Fsp3) is 0.571. The molecule has 0 rings (SSSR count). The van der Waals surface area contributed by atoms with Crippen LogP contribution in [0.3, 0.4) is 0 Å². The Morgan fingerprint density at radius 1 is 1.64 bits per heavy atom. The van der Waals surface area contributed by atoms with Gasteiger partial charge in [0, 0.05) is 0 Å². The first-order valence-electron chi connectivity index (χ1n) is 3.42. The first kappa shape index (κ1) is 10.1. The minimum atomic E-state index is -1.26. The van der Waals surface area contributed by atoms with E-state index in [1.165, 1.54) is 0 Å². The minimum Gasteiger partial charge on any atom is -0.478 e. The van der Waals surface area contributed by atoms with Gasteiger partial charge in [-0.3, -0.25) is 0 Å². The van der Waals surface area contributed by atoms with Crippen LogP contribution in [0.1, 0.15) is 19.8 Å². The molecule has 0 bridgehead atoms. The molecular formula is C7H14N2O2. The van der Waals surface area contributed by atoms with Crippen molar-refractivity contribution in [3.63, 3.8) is 0 Å². The van der Waals surface area contributed by atoms with Crippen LogP contribution >= 0.6 is 0 Å². The molecule has 0 radical (unpaired) electrons. The zero-order valence-corrected chi connectivity index (χ0v) is 6.63. The Balaban J connectivity index is 4.29. The van der Waals surface area contributed by atoms with E-state index >= 15 is 0 Å². The molecule has 11 heavy (non-hydrogen) atoms. The number of hydrogen-bond acceptors (Lipinski definition) is 3. The number of nitrogens with two attached hydrogens (primary N) is 2. The Labute approximate surface area is 65.9 Å². The number of carbonyl (C=O) groups is 1. The molecule has 0 spiro atoms. The summed E-state index contributed by atoms with van der Waals surface area (Å²) in [6.07, 6.45) is 1.16. The van der Waals surface area contributed by atoms with Crippen LogP contribution in [0.5, 0.6) is 0 Å². The van der Waals surface area contributed by atoms with E-state index in [0.29, 0.717) is 6.42 Å². The topological polar surface area (TPSA) is 89.3 Å². The highest BCUT2D eigenvalue weighted by molar-refractivity contribution is 5.88. The fourth-order valence-electron chi connectivity index (χ4n) is 0.764. The van der Waals surface area contributed by atoms with E-state index in [9.17, 15) is 4.79 Å². The van der Waals surface area contributed by atoms with Crippen LogP contribution in [0, 0.1) is 0 Å². The molecule has 4 heteroatoms. The Hall–Kier alpha value is -0.870. The summed E-state index contributed by atoms with van der Waals surface area (Å²) in [6, 6.07) is 0. The van der Waals surface area contributed by atoms with E-state index in [1.807, 2.05) is 6.92 Å². The van der Waals surface area contributed by atoms with Crippen LogP contribution in [0.4, 0.5) is 0 Å². The quantitative estimate of drug-likeness (QED) is 0.398. The molecule has 0 aromatic rings. The molecule has 0 amide bonds. The maximum absolute atomic E-state index is 10.4. The van der Waals surface area contributed by atoms with Crippen LogP contribution < -0.4 is 11.5 Å². The predicted molar refractivity (Wildman–Crippen MR) is 42.8 cm³/mol. The van der Waals surface area contributed by atoms with Crippen molar-refractivity contribution < 1.29 is 9.90 Å². The summed E-state index contributed by atoms with van der Waals surface area (Å²) < 4.78 is 0. The summed E-state index contributed by atoms with van der Waals surface area (Å²) in [5.41, 5.74) is 9.54. The summed E-state index contributed by atoms with van der Waals surface area (Å²) >= 11 is 0. The molecule has 4 nitrogen and oxygen atoms in total. The van der Waals surface area contributed by atoms with E-state index in [2.05, 4.69) is 6.58 Å². The lowest BCUT2D eigenvalue weighted by atomic mass is 9.98. The molecule has 0 saturated carbocycles. The van der Waals surface area contributed by atoms with Gasteiger partial charge in [-0.15, -0.1) is 0 Å². The van der Waals surface area contributed by atoms with Crippen molar-refractivity contribution in [1.82, 2.24) is 0 Å². The number of rotatable bonds is 4. The molecular weight excluding hydrogens is 144 g/mol. The van der Waals surface area contributed by atoms with Gasteiger partial charge in [0.1, 0.15) is 0 Å². The van der Waals surface area contributed by atoms with Crippen molar-refractivity contribution in [2.45, 2.75) is 25.4 Å². The van der Waals surface area contributed by atoms with Gasteiger partial charge < -0.3 is 16.6 Å². The van der Waals surface area contributed by atoms with E-state index in [0.717, 1.165) is 6.42 Å². The first-order chi connectivity index (χ1) is 4.91. The summed E-state index contributed by atoms with van der Waals surface area (Å²) in [6.45, 7) is 5.17. The summed E-state index contributed by atoms with van der Waals surface area (Å²) in [7, 11) is 0. The van der Waals surface area contributed by atoms with Crippen molar-refractivity contribution in [3.8, 4) is 0 Å². The zero-order valence-electron chi connectivity index (χ0n) is 6.63. The van der Waals surface area contributed by atoms with Crippen LogP contribution in [-0.4, -0.2) is 16.7 Å². The Morgan fingerprint density at radius 3 is 2.36 bits per heavy atom. The molecule has 64 valence electrons. The normalized spacial score (nSPS) is 11.2. The Kier molecular flexibility index (Phi) is 3.22. The molecule has 0 aromatic carbocycles. The maximum atomic E-state index is 10.4. The van der Waals surface area contributed by atoms with Gasteiger partial charge in [0.15, 0.2) is 0 Å². The SMILES string of the molecule is C=C(C(=O)O)C(N)(N)CCC. The number of carboxylic acid groups (broad SMARTS) is 1. The summed E-state index contributed by atoms with van der Waals surface area (Å²) in [5, 5.41) is 8.48. The van der Waals surface area contributed by atoms with Gasteiger partial charge in [-0.25, -0.2) is 4.79 Å². The third kappa shape index (κ3) is 2.69. The molecule has 0 heterocycles. The lowest BCUT2D eigenvalue weighted by Gasteiger charge is -2.23.